The zero-order valence-electron chi connectivity index (χ0n) is 23.6. The summed E-state index contributed by atoms with van der Waals surface area (Å²) in [5.41, 5.74) is 1.73. The van der Waals surface area contributed by atoms with Crippen LogP contribution in [0.4, 0.5) is 10.1 Å². The second-order valence-electron chi connectivity index (χ2n) is 10.3. The molecule has 1 N–H and O–H groups in total. The topological polar surface area (TPSA) is 90.0 Å². The van der Waals surface area contributed by atoms with Crippen LogP contribution in [0.5, 0.6) is 0 Å². The Morgan fingerprint density at radius 3 is 2.15 bits per heavy atom. The van der Waals surface area contributed by atoms with Crippen LogP contribution in [0.3, 0.4) is 0 Å². The average Bonchev–Trinajstić information content (AvgIpc) is 2.93. The number of anilines is 1. The van der Waals surface area contributed by atoms with Gasteiger partial charge in [-0.1, -0.05) is 72.2 Å². The first-order valence-corrected chi connectivity index (χ1v) is 15.4. The summed E-state index contributed by atoms with van der Waals surface area (Å²) in [5, 5.41) is 2.95. The lowest BCUT2D eigenvalue weighted by molar-refractivity contribution is -0.140. The molecule has 0 radical (unpaired) electrons. The molecule has 0 fully saturated rings. The third kappa shape index (κ3) is 9.11. The summed E-state index contributed by atoms with van der Waals surface area (Å²) in [6.07, 6.45) is 0.224. The monoisotopic (exact) mass is 646 g/mol. The summed E-state index contributed by atoms with van der Waals surface area (Å²) >= 11 is 3.46. The Labute approximate surface area is 250 Å². The minimum absolute atomic E-state index is 0.0597. The number of nitrogens with one attached hydrogen (secondary N) is 1. The van der Waals surface area contributed by atoms with E-state index in [2.05, 4.69) is 21.2 Å². The normalized spacial score (nSPS) is 12.3. The highest BCUT2D eigenvalue weighted by atomic mass is 79.9. The van der Waals surface area contributed by atoms with Crippen molar-refractivity contribution in [2.75, 3.05) is 31.5 Å². The minimum atomic E-state index is -4.15. The van der Waals surface area contributed by atoms with Crippen molar-refractivity contribution in [3.8, 4) is 0 Å². The van der Waals surface area contributed by atoms with Crippen molar-refractivity contribution in [1.29, 1.82) is 0 Å². The lowest BCUT2D eigenvalue weighted by Gasteiger charge is -2.34. The van der Waals surface area contributed by atoms with E-state index >= 15 is 0 Å². The van der Waals surface area contributed by atoms with E-state index in [4.69, 9.17) is 0 Å². The molecule has 8 nitrogen and oxygen atoms in total. The number of nitrogens with zero attached hydrogens (tertiary/aromatic N) is 3. The lowest BCUT2D eigenvalue weighted by atomic mass is 10.0. The van der Waals surface area contributed by atoms with Crippen LogP contribution < -0.4 is 9.62 Å². The molecule has 0 saturated heterocycles. The molecular weight excluding hydrogens is 611 g/mol. The number of hydrogen-bond donors (Lipinski definition) is 1. The van der Waals surface area contributed by atoms with Gasteiger partial charge < -0.3 is 10.2 Å². The average molecular weight is 648 g/mol. The van der Waals surface area contributed by atoms with E-state index < -0.39 is 34.5 Å². The maximum Gasteiger partial charge on any atom is 0.304 e. The first-order chi connectivity index (χ1) is 19.4. The molecular formula is C30H36BrFN4O4S. The van der Waals surface area contributed by atoms with Gasteiger partial charge in [-0.2, -0.15) is 12.7 Å². The zero-order valence-corrected chi connectivity index (χ0v) is 26.0. The summed E-state index contributed by atoms with van der Waals surface area (Å²) in [6, 6.07) is 20.7. The summed E-state index contributed by atoms with van der Waals surface area (Å²) in [7, 11) is -1.44. The molecule has 0 aliphatic rings. The van der Waals surface area contributed by atoms with Crippen molar-refractivity contribution in [3.05, 3.63) is 100 Å². The van der Waals surface area contributed by atoms with E-state index in [1.807, 2.05) is 68.4 Å². The van der Waals surface area contributed by atoms with Gasteiger partial charge in [0.1, 0.15) is 18.4 Å². The number of halogens is 2. The van der Waals surface area contributed by atoms with Gasteiger partial charge in [0.25, 0.3) is 0 Å². The smallest absolute Gasteiger partial charge is 0.304 e. The first-order valence-electron chi connectivity index (χ1n) is 13.2. The molecule has 220 valence electrons. The van der Waals surface area contributed by atoms with Gasteiger partial charge in [0.05, 0.1) is 5.69 Å². The van der Waals surface area contributed by atoms with Crippen LogP contribution in [0.1, 0.15) is 25.0 Å². The Hall–Kier alpha value is -3.28. The third-order valence-electron chi connectivity index (χ3n) is 6.33. The predicted octanol–water partition coefficient (Wildman–Crippen LogP) is 4.61. The van der Waals surface area contributed by atoms with Crippen LogP contribution in [0.2, 0.25) is 0 Å². The van der Waals surface area contributed by atoms with Crippen LogP contribution in [-0.2, 0) is 32.8 Å². The maximum absolute atomic E-state index is 14.2. The Bertz CT molecular complexity index is 1420. The SMILES string of the molecule is CC(C)CNC(=O)[C@H](Cc1ccccc1)N(Cc1cccc(Br)c1)C(=O)CN(c1ccc(F)cc1)S(=O)(=O)N(C)C. The van der Waals surface area contributed by atoms with Crippen molar-refractivity contribution in [2.45, 2.75) is 32.9 Å². The third-order valence-corrected chi connectivity index (χ3v) is 8.64. The quantitative estimate of drug-likeness (QED) is 0.294. The number of carbonyl (C=O) groups excluding carboxylic acids is 2. The van der Waals surface area contributed by atoms with Gasteiger partial charge in [0.2, 0.25) is 11.8 Å². The Kier molecular flexibility index (Phi) is 11.5. The number of amides is 2. The molecule has 0 bridgehead atoms. The van der Waals surface area contributed by atoms with Crippen molar-refractivity contribution in [2.24, 2.45) is 5.92 Å². The van der Waals surface area contributed by atoms with Crippen LogP contribution >= 0.6 is 15.9 Å². The number of benzene rings is 3. The van der Waals surface area contributed by atoms with Crippen molar-refractivity contribution in [1.82, 2.24) is 14.5 Å². The summed E-state index contributed by atoms with van der Waals surface area (Å²) < 4.78 is 43.1. The highest BCUT2D eigenvalue weighted by Crippen LogP contribution is 2.23. The molecule has 3 aromatic rings. The molecule has 0 saturated carbocycles. The molecule has 0 heterocycles. The van der Waals surface area contributed by atoms with E-state index in [1.54, 1.807) is 0 Å². The largest absolute Gasteiger partial charge is 0.354 e. The van der Waals surface area contributed by atoms with E-state index in [1.165, 1.54) is 31.1 Å². The molecule has 0 unspecified atom stereocenters. The van der Waals surface area contributed by atoms with E-state index in [-0.39, 0.29) is 30.5 Å². The van der Waals surface area contributed by atoms with Crippen LogP contribution in [0, 0.1) is 11.7 Å². The molecule has 3 rings (SSSR count). The highest BCUT2D eigenvalue weighted by molar-refractivity contribution is 9.10. The van der Waals surface area contributed by atoms with Gasteiger partial charge in [-0.15, -0.1) is 0 Å². The minimum Gasteiger partial charge on any atom is -0.354 e. The highest BCUT2D eigenvalue weighted by Gasteiger charge is 2.34. The summed E-state index contributed by atoms with van der Waals surface area (Å²) in [5.74, 6) is -1.27. The predicted molar refractivity (Wildman–Crippen MR) is 163 cm³/mol. The van der Waals surface area contributed by atoms with E-state index in [9.17, 15) is 22.4 Å². The van der Waals surface area contributed by atoms with Crippen molar-refractivity contribution < 1.29 is 22.4 Å². The fourth-order valence-electron chi connectivity index (χ4n) is 4.13. The number of rotatable bonds is 13. The lowest BCUT2D eigenvalue weighted by Crippen LogP contribution is -2.54. The van der Waals surface area contributed by atoms with Gasteiger partial charge in [-0.05, 0) is 53.4 Å². The summed E-state index contributed by atoms with van der Waals surface area (Å²) in [6.45, 7) is 3.83. The Morgan fingerprint density at radius 2 is 1.56 bits per heavy atom. The zero-order chi connectivity index (χ0) is 30.2. The molecule has 0 aliphatic carbocycles. The molecule has 1 atom stereocenters. The van der Waals surface area contributed by atoms with E-state index in [0.29, 0.717) is 6.54 Å². The Morgan fingerprint density at radius 1 is 0.927 bits per heavy atom. The fraction of sp³-hybridized carbons (Fsp3) is 0.333. The fourth-order valence-corrected chi connectivity index (χ4v) is 5.64. The van der Waals surface area contributed by atoms with Gasteiger partial charge in [0.15, 0.2) is 0 Å². The first kappa shape index (κ1) is 32.2. The van der Waals surface area contributed by atoms with Gasteiger partial charge >= 0.3 is 10.2 Å². The maximum atomic E-state index is 14.2. The molecule has 11 heteroatoms. The number of carbonyl (C=O) groups is 2. The van der Waals surface area contributed by atoms with Gasteiger partial charge in [-0.25, -0.2) is 8.70 Å². The van der Waals surface area contributed by atoms with Crippen LogP contribution in [-0.4, -0.2) is 62.7 Å². The van der Waals surface area contributed by atoms with Crippen molar-refractivity contribution in [3.63, 3.8) is 0 Å². The second-order valence-corrected chi connectivity index (χ2v) is 13.3. The molecule has 3 aromatic carbocycles. The molecule has 0 aromatic heterocycles. The standard InChI is InChI=1S/C30H36BrFN4O4S/c1-22(2)19-33-30(38)28(18-23-9-6-5-7-10-23)35(20-24-11-8-12-25(31)17-24)29(37)21-36(41(39,40)34(3)4)27-15-13-26(32)14-16-27/h5-17,22,28H,18-21H2,1-4H3,(H,33,38)/t28-/m0/s1. The second kappa shape index (κ2) is 14.6. The van der Waals surface area contributed by atoms with Crippen molar-refractivity contribution >= 4 is 43.6 Å². The number of hydrogen-bond acceptors (Lipinski definition) is 4. The van der Waals surface area contributed by atoms with Gasteiger partial charge in [0, 0.05) is 38.1 Å². The van der Waals surface area contributed by atoms with Crippen LogP contribution in [0.15, 0.2) is 83.3 Å². The molecule has 0 spiro atoms. The van der Waals surface area contributed by atoms with Gasteiger partial charge in [-0.3, -0.25) is 9.59 Å². The molecule has 41 heavy (non-hydrogen) atoms. The summed E-state index contributed by atoms with van der Waals surface area (Å²) in [4.78, 5) is 29.2. The van der Waals surface area contributed by atoms with E-state index in [0.717, 1.165) is 36.3 Å². The van der Waals surface area contributed by atoms with Crippen LogP contribution in [0.25, 0.3) is 0 Å². The molecule has 0 aliphatic heterocycles. The molecule has 2 amide bonds. The Balaban J connectivity index is 2.08.